The van der Waals surface area contributed by atoms with Crippen molar-refractivity contribution in [3.63, 3.8) is 0 Å². The maximum absolute atomic E-state index is 11.7. The number of carbonyl (C=O) groups excluding carboxylic acids is 1. The number of carboxylic acid groups (broad SMARTS) is 1. The van der Waals surface area contributed by atoms with Gasteiger partial charge in [0.2, 0.25) is 0 Å². The summed E-state index contributed by atoms with van der Waals surface area (Å²) < 4.78 is 0. The second-order valence-electron chi connectivity index (χ2n) is 5.20. The van der Waals surface area contributed by atoms with E-state index in [1.165, 1.54) is 11.1 Å². The van der Waals surface area contributed by atoms with Crippen molar-refractivity contribution in [3.05, 3.63) is 23.9 Å². The van der Waals surface area contributed by atoms with E-state index in [2.05, 4.69) is 10.3 Å². The molecule has 20 heavy (non-hydrogen) atoms. The van der Waals surface area contributed by atoms with Crippen LogP contribution in [0.1, 0.15) is 24.2 Å². The Bertz CT molecular complexity index is 469. The van der Waals surface area contributed by atoms with Crippen LogP contribution in [-0.4, -0.2) is 47.5 Å². The highest BCUT2D eigenvalue weighted by atomic mass is 16.4. The summed E-state index contributed by atoms with van der Waals surface area (Å²) >= 11 is 0. The van der Waals surface area contributed by atoms with Crippen molar-refractivity contribution < 1.29 is 14.7 Å². The maximum atomic E-state index is 11.7. The summed E-state index contributed by atoms with van der Waals surface area (Å²) in [6, 6.07) is 3.35. The summed E-state index contributed by atoms with van der Waals surface area (Å²) in [6.07, 6.45) is 1.48. The SMILES string of the molecule is CC(C)C(CNc1ccc(C(=O)N(C)C)cn1)C(=O)O. The van der Waals surface area contributed by atoms with Crippen molar-refractivity contribution >= 4 is 17.7 Å². The van der Waals surface area contributed by atoms with Crippen molar-refractivity contribution in [3.8, 4) is 0 Å². The zero-order valence-corrected chi connectivity index (χ0v) is 12.3. The average Bonchev–Trinajstić information content (AvgIpc) is 2.38. The van der Waals surface area contributed by atoms with Gasteiger partial charge in [0, 0.05) is 26.8 Å². The second kappa shape index (κ2) is 6.88. The molecule has 0 saturated heterocycles. The minimum absolute atomic E-state index is 0.0367. The van der Waals surface area contributed by atoms with Crippen LogP contribution in [0.5, 0.6) is 0 Å². The number of rotatable bonds is 6. The molecule has 0 fully saturated rings. The van der Waals surface area contributed by atoms with E-state index in [0.29, 0.717) is 17.9 Å². The number of carbonyl (C=O) groups is 2. The van der Waals surface area contributed by atoms with Gasteiger partial charge in [0.1, 0.15) is 5.82 Å². The molecular formula is C14H21N3O3. The van der Waals surface area contributed by atoms with E-state index in [9.17, 15) is 9.59 Å². The van der Waals surface area contributed by atoms with Gasteiger partial charge in [0.05, 0.1) is 11.5 Å². The first-order valence-corrected chi connectivity index (χ1v) is 6.47. The fraction of sp³-hybridized carbons (Fsp3) is 0.500. The lowest BCUT2D eigenvalue weighted by Gasteiger charge is -2.17. The van der Waals surface area contributed by atoms with Crippen LogP contribution >= 0.6 is 0 Å². The molecule has 0 spiro atoms. The Morgan fingerprint density at radius 3 is 2.40 bits per heavy atom. The number of aromatic nitrogens is 1. The molecule has 6 nitrogen and oxygen atoms in total. The normalized spacial score (nSPS) is 12.1. The Balaban J connectivity index is 2.66. The van der Waals surface area contributed by atoms with Crippen LogP contribution in [0.25, 0.3) is 0 Å². The highest BCUT2D eigenvalue weighted by Gasteiger charge is 2.21. The third-order valence-electron chi connectivity index (χ3n) is 3.04. The number of amides is 1. The number of anilines is 1. The number of aliphatic carboxylic acids is 1. The summed E-state index contributed by atoms with van der Waals surface area (Å²) in [6.45, 7) is 4.04. The minimum Gasteiger partial charge on any atom is -0.481 e. The molecule has 1 amide bonds. The van der Waals surface area contributed by atoms with Crippen molar-refractivity contribution in [2.45, 2.75) is 13.8 Å². The van der Waals surface area contributed by atoms with Crippen LogP contribution < -0.4 is 5.32 Å². The Morgan fingerprint density at radius 1 is 1.35 bits per heavy atom. The quantitative estimate of drug-likeness (QED) is 0.825. The molecule has 0 bridgehead atoms. The molecule has 1 rings (SSSR count). The van der Waals surface area contributed by atoms with Gasteiger partial charge in [-0.25, -0.2) is 4.98 Å². The Hall–Kier alpha value is -2.11. The van der Waals surface area contributed by atoms with Crippen molar-refractivity contribution in [1.29, 1.82) is 0 Å². The maximum Gasteiger partial charge on any atom is 0.308 e. The summed E-state index contributed by atoms with van der Waals surface area (Å²) in [7, 11) is 3.35. The van der Waals surface area contributed by atoms with Crippen LogP contribution in [0.3, 0.4) is 0 Å². The monoisotopic (exact) mass is 279 g/mol. The van der Waals surface area contributed by atoms with Crippen molar-refractivity contribution in [2.75, 3.05) is 26.0 Å². The van der Waals surface area contributed by atoms with Crippen LogP contribution in [0.15, 0.2) is 18.3 Å². The summed E-state index contributed by atoms with van der Waals surface area (Å²) in [5.74, 6) is -0.816. The van der Waals surface area contributed by atoms with Gasteiger partial charge < -0.3 is 15.3 Å². The van der Waals surface area contributed by atoms with Gasteiger partial charge in [-0.15, -0.1) is 0 Å². The summed E-state index contributed by atoms with van der Waals surface area (Å²) in [5.41, 5.74) is 0.499. The molecule has 0 aromatic carbocycles. The second-order valence-corrected chi connectivity index (χ2v) is 5.20. The molecule has 6 heteroatoms. The fourth-order valence-electron chi connectivity index (χ4n) is 1.71. The lowest BCUT2D eigenvalue weighted by Crippen LogP contribution is -2.27. The summed E-state index contributed by atoms with van der Waals surface area (Å²) in [4.78, 5) is 28.4. The lowest BCUT2D eigenvalue weighted by molar-refractivity contribution is -0.142. The number of nitrogens with zero attached hydrogens (tertiary/aromatic N) is 2. The van der Waals surface area contributed by atoms with Gasteiger partial charge in [0.15, 0.2) is 0 Å². The van der Waals surface area contributed by atoms with Crippen LogP contribution in [0, 0.1) is 11.8 Å². The number of hydrogen-bond donors (Lipinski definition) is 2. The molecule has 2 N–H and O–H groups in total. The van der Waals surface area contributed by atoms with Gasteiger partial charge in [0.25, 0.3) is 5.91 Å². The zero-order chi connectivity index (χ0) is 15.3. The van der Waals surface area contributed by atoms with Crippen LogP contribution in [0.2, 0.25) is 0 Å². The van der Waals surface area contributed by atoms with E-state index in [1.54, 1.807) is 26.2 Å². The molecule has 1 aromatic rings. The van der Waals surface area contributed by atoms with Gasteiger partial charge in [-0.3, -0.25) is 9.59 Å². The molecule has 1 aromatic heterocycles. The highest BCUT2D eigenvalue weighted by molar-refractivity contribution is 5.93. The average molecular weight is 279 g/mol. The molecule has 0 aliphatic heterocycles. The van der Waals surface area contributed by atoms with E-state index in [4.69, 9.17) is 5.11 Å². The van der Waals surface area contributed by atoms with E-state index in [1.807, 2.05) is 13.8 Å². The Morgan fingerprint density at radius 2 is 2.00 bits per heavy atom. The molecule has 1 heterocycles. The molecule has 110 valence electrons. The largest absolute Gasteiger partial charge is 0.481 e. The van der Waals surface area contributed by atoms with Gasteiger partial charge in [-0.1, -0.05) is 13.8 Å². The number of hydrogen-bond acceptors (Lipinski definition) is 4. The van der Waals surface area contributed by atoms with E-state index >= 15 is 0 Å². The first-order chi connectivity index (χ1) is 9.32. The summed E-state index contributed by atoms with van der Waals surface area (Å²) in [5, 5.41) is 12.1. The van der Waals surface area contributed by atoms with Crippen LogP contribution in [-0.2, 0) is 4.79 Å². The first kappa shape index (κ1) is 15.9. The Kier molecular flexibility index (Phi) is 5.49. The molecule has 0 radical (unpaired) electrons. The molecule has 0 aliphatic carbocycles. The van der Waals surface area contributed by atoms with E-state index in [0.717, 1.165) is 0 Å². The highest BCUT2D eigenvalue weighted by Crippen LogP contribution is 2.13. The predicted octanol–water partition coefficient (Wildman–Crippen LogP) is 1.55. The molecule has 0 saturated carbocycles. The number of nitrogens with one attached hydrogen (secondary N) is 1. The molecule has 1 atom stereocenters. The third-order valence-corrected chi connectivity index (χ3v) is 3.04. The lowest BCUT2D eigenvalue weighted by atomic mass is 9.96. The molecule has 0 aliphatic rings. The molecule has 1 unspecified atom stereocenters. The van der Waals surface area contributed by atoms with Crippen molar-refractivity contribution in [1.82, 2.24) is 9.88 Å². The third kappa shape index (κ3) is 4.22. The predicted molar refractivity (Wildman–Crippen MR) is 76.7 cm³/mol. The smallest absolute Gasteiger partial charge is 0.308 e. The van der Waals surface area contributed by atoms with Gasteiger partial charge >= 0.3 is 5.97 Å². The van der Waals surface area contributed by atoms with E-state index in [-0.39, 0.29) is 11.8 Å². The van der Waals surface area contributed by atoms with Gasteiger partial charge in [-0.2, -0.15) is 0 Å². The van der Waals surface area contributed by atoms with Crippen molar-refractivity contribution in [2.24, 2.45) is 11.8 Å². The first-order valence-electron chi connectivity index (χ1n) is 6.47. The van der Waals surface area contributed by atoms with Gasteiger partial charge in [-0.05, 0) is 18.1 Å². The Labute approximate surface area is 118 Å². The number of carboxylic acids is 1. The topological polar surface area (TPSA) is 82.5 Å². The number of pyridine rings is 1. The zero-order valence-electron chi connectivity index (χ0n) is 12.3. The minimum atomic E-state index is -0.827. The fourth-order valence-corrected chi connectivity index (χ4v) is 1.71. The van der Waals surface area contributed by atoms with Crippen LogP contribution in [0.4, 0.5) is 5.82 Å². The standard InChI is InChI=1S/C14H21N3O3/c1-9(2)11(14(19)20)8-16-12-6-5-10(7-15-12)13(18)17(3)4/h5-7,9,11H,8H2,1-4H3,(H,15,16)(H,19,20). The molecular weight excluding hydrogens is 258 g/mol. The van der Waals surface area contributed by atoms with E-state index < -0.39 is 11.9 Å².